The van der Waals surface area contributed by atoms with Gasteiger partial charge < -0.3 is 0 Å². The molecule has 0 radical (unpaired) electrons. The highest BCUT2D eigenvalue weighted by Gasteiger charge is 2.48. The van der Waals surface area contributed by atoms with Crippen LogP contribution in [0.3, 0.4) is 0 Å². The Morgan fingerprint density at radius 2 is 1.57 bits per heavy atom. The van der Waals surface area contributed by atoms with E-state index < -0.39 is 23.1 Å². The lowest BCUT2D eigenvalue weighted by molar-refractivity contribution is 0.0953. The van der Waals surface area contributed by atoms with E-state index in [0.29, 0.717) is 27.4 Å². The van der Waals surface area contributed by atoms with Gasteiger partial charge in [0.15, 0.2) is 5.78 Å². The Morgan fingerprint density at radius 1 is 0.867 bits per heavy atom. The number of hydrogen-bond acceptors (Lipinski definition) is 4. The summed E-state index contributed by atoms with van der Waals surface area (Å²) in [4.78, 5) is 43.9. The second-order valence-electron chi connectivity index (χ2n) is 7.45. The summed E-state index contributed by atoms with van der Waals surface area (Å²) in [7, 11) is 2.97. The Balaban J connectivity index is 1.94. The molecule has 8 heteroatoms. The van der Waals surface area contributed by atoms with Gasteiger partial charge in [-0.05, 0) is 11.6 Å². The topological polar surface area (TPSA) is 73.4 Å². The molecule has 1 aliphatic carbocycles. The first kappa shape index (κ1) is 19.0. The number of benzene rings is 2. The quantitative estimate of drug-likeness (QED) is 0.582. The van der Waals surface area contributed by atoms with Crippen molar-refractivity contribution >= 4 is 40.5 Å². The Labute approximate surface area is 181 Å². The van der Waals surface area contributed by atoms with Crippen LogP contribution >= 0.6 is 23.2 Å². The maximum Gasteiger partial charge on any atom is 0.332 e. The molecule has 0 N–H and O–H groups in total. The molecule has 0 fully saturated rings. The van der Waals surface area contributed by atoms with Gasteiger partial charge in [0.1, 0.15) is 5.82 Å². The van der Waals surface area contributed by atoms with E-state index in [1.807, 2.05) is 12.1 Å². The van der Waals surface area contributed by atoms with Crippen LogP contribution in [0.25, 0.3) is 0 Å². The van der Waals surface area contributed by atoms with Crippen LogP contribution in [-0.4, -0.2) is 20.6 Å². The molecule has 2 aromatic carbocycles. The summed E-state index contributed by atoms with van der Waals surface area (Å²) in [5, 5.41) is 0.598. The molecular formula is C22H15Cl2N3O3. The van der Waals surface area contributed by atoms with Crippen molar-refractivity contribution in [3.63, 3.8) is 0 Å². The van der Waals surface area contributed by atoms with Crippen molar-refractivity contribution < 1.29 is 4.79 Å². The van der Waals surface area contributed by atoms with E-state index in [2.05, 4.69) is 4.99 Å². The summed E-state index contributed by atoms with van der Waals surface area (Å²) in [6.07, 6.45) is 0. The number of aromatic nitrogens is 2. The van der Waals surface area contributed by atoms with E-state index >= 15 is 0 Å². The molecule has 2 unspecified atom stereocenters. The molecule has 2 atom stereocenters. The normalized spacial score (nSPS) is 19.2. The summed E-state index contributed by atoms with van der Waals surface area (Å²) in [6, 6.07) is 12.3. The Hall–Kier alpha value is -2.96. The van der Waals surface area contributed by atoms with Crippen LogP contribution in [0.4, 0.5) is 5.82 Å². The molecule has 0 bridgehead atoms. The fourth-order valence-corrected chi connectivity index (χ4v) is 4.89. The first-order valence-electron chi connectivity index (χ1n) is 9.29. The first-order valence-corrected chi connectivity index (χ1v) is 10.0. The molecule has 0 spiro atoms. The molecule has 0 amide bonds. The molecule has 150 valence electrons. The maximum absolute atomic E-state index is 13.4. The predicted molar refractivity (Wildman–Crippen MR) is 116 cm³/mol. The van der Waals surface area contributed by atoms with E-state index in [1.165, 1.54) is 11.6 Å². The number of nitrogens with zero attached hydrogens (tertiary/aromatic N) is 3. The summed E-state index contributed by atoms with van der Waals surface area (Å²) < 4.78 is 2.36. The second kappa shape index (κ2) is 6.52. The number of aliphatic imine (C=N–C) groups is 1. The van der Waals surface area contributed by atoms with Gasteiger partial charge in [-0.25, -0.2) is 9.79 Å². The maximum atomic E-state index is 13.4. The lowest BCUT2D eigenvalue weighted by Crippen LogP contribution is -2.43. The molecule has 30 heavy (non-hydrogen) atoms. The molecule has 3 aromatic rings. The molecular weight excluding hydrogens is 425 g/mol. The zero-order valence-electron chi connectivity index (χ0n) is 16.0. The number of halogens is 2. The van der Waals surface area contributed by atoms with Crippen molar-refractivity contribution in [2.24, 2.45) is 25.0 Å². The summed E-state index contributed by atoms with van der Waals surface area (Å²) in [6.45, 7) is 0. The number of rotatable bonds is 1. The highest BCUT2D eigenvalue weighted by atomic mass is 35.5. The van der Waals surface area contributed by atoms with Gasteiger partial charge in [-0.15, -0.1) is 0 Å². The number of hydrogen-bond donors (Lipinski definition) is 0. The lowest BCUT2D eigenvalue weighted by Gasteiger charge is -2.30. The van der Waals surface area contributed by atoms with E-state index in [-0.39, 0.29) is 22.2 Å². The molecule has 2 heterocycles. The fourth-order valence-electron chi connectivity index (χ4n) is 4.46. The minimum absolute atomic E-state index is 0.132. The van der Waals surface area contributed by atoms with Crippen LogP contribution in [0.5, 0.6) is 0 Å². The summed E-state index contributed by atoms with van der Waals surface area (Å²) >= 11 is 12.8. The molecule has 1 aromatic heterocycles. The Kier molecular flexibility index (Phi) is 4.14. The minimum Gasteiger partial charge on any atom is -0.293 e. The number of fused-ring (bicyclic) bond motifs is 4. The van der Waals surface area contributed by atoms with Crippen molar-refractivity contribution in [1.82, 2.24) is 9.13 Å². The molecule has 0 saturated heterocycles. The molecule has 0 saturated carbocycles. The number of ketones is 1. The van der Waals surface area contributed by atoms with E-state index in [0.717, 1.165) is 4.57 Å². The average molecular weight is 440 g/mol. The number of carbonyl (C=O) groups excluding carboxylic acids is 1. The standard InChI is InChI=1S/C22H15Cl2N3O3/c1-26-20-16(21(29)27(2)22(26)30)14(12-8-5-9-13(23)17(12)24)15-18(25-20)10-6-3-4-7-11(10)19(15)28/h3-9,14-15H,1-2H3. The van der Waals surface area contributed by atoms with Crippen molar-refractivity contribution in [2.75, 3.05) is 0 Å². The van der Waals surface area contributed by atoms with Crippen LogP contribution in [0, 0.1) is 5.92 Å². The zero-order chi connectivity index (χ0) is 21.3. The zero-order valence-corrected chi connectivity index (χ0v) is 17.5. The summed E-state index contributed by atoms with van der Waals surface area (Å²) in [5.41, 5.74) is 1.61. The monoisotopic (exact) mass is 439 g/mol. The second-order valence-corrected chi connectivity index (χ2v) is 8.23. The van der Waals surface area contributed by atoms with Gasteiger partial charge in [0.25, 0.3) is 5.56 Å². The third-order valence-corrected chi connectivity index (χ3v) is 6.73. The first-order chi connectivity index (χ1) is 14.3. The van der Waals surface area contributed by atoms with Crippen LogP contribution in [0.2, 0.25) is 10.0 Å². The van der Waals surface area contributed by atoms with Crippen LogP contribution in [-0.2, 0) is 14.1 Å². The van der Waals surface area contributed by atoms with E-state index in [9.17, 15) is 14.4 Å². The molecule has 1 aliphatic heterocycles. The number of Topliss-reactive ketones (excluding diaryl/α,β-unsaturated/α-hetero) is 1. The highest BCUT2D eigenvalue weighted by molar-refractivity contribution is 6.42. The van der Waals surface area contributed by atoms with Gasteiger partial charge >= 0.3 is 5.69 Å². The van der Waals surface area contributed by atoms with Crippen molar-refractivity contribution in [1.29, 1.82) is 0 Å². The largest absolute Gasteiger partial charge is 0.332 e. The van der Waals surface area contributed by atoms with E-state index in [1.54, 1.807) is 37.4 Å². The smallest absolute Gasteiger partial charge is 0.293 e. The third kappa shape index (κ3) is 2.38. The van der Waals surface area contributed by atoms with Crippen molar-refractivity contribution in [2.45, 2.75) is 5.92 Å². The summed E-state index contributed by atoms with van der Waals surface area (Å²) in [5.74, 6) is -1.34. The Bertz CT molecular complexity index is 1420. The van der Waals surface area contributed by atoms with Crippen molar-refractivity contribution in [3.8, 4) is 0 Å². The highest BCUT2D eigenvalue weighted by Crippen LogP contribution is 2.48. The van der Waals surface area contributed by atoms with Gasteiger partial charge in [0, 0.05) is 31.1 Å². The van der Waals surface area contributed by atoms with E-state index in [4.69, 9.17) is 23.2 Å². The minimum atomic E-state index is -0.726. The van der Waals surface area contributed by atoms with Crippen LogP contribution in [0.1, 0.15) is 33.0 Å². The lowest BCUT2D eigenvalue weighted by atomic mass is 9.76. The molecule has 6 nitrogen and oxygen atoms in total. The fraction of sp³-hybridized carbons (Fsp3) is 0.182. The Morgan fingerprint density at radius 3 is 2.30 bits per heavy atom. The van der Waals surface area contributed by atoms with Gasteiger partial charge in [0.05, 0.1) is 27.2 Å². The van der Waals surface area contributed by atoms with Gasteiger partial charge in [-0.2, -0.15) is 0 Å². The SMILES string of the molecule is Cn1c2c(c(=O)n(C)c1=O)C(c1cccc(Cl)c1Cl)C1C(=O)c3ccccc3C1=N2. The van der Waals surface area contributed by atoms with Crippen molar-refractivity contribution in [3.05, 3.63) is 95.6 Å². The predicted octanol–water partition coefficient (Wildman–Crippen LogP) is 3.47. The average Bonchev–Trinajstić information content (AvgIpc) is 3.04. The van der Waals surface area contributed by atoms with Crippen LogP contribution < -0.4 is 11.2 Å². The van der Waals surface area contributed by atoms with Crippen LogP contribution in [0.15, 0.2) is 57.0 Å². The molecule has 5 rings (SSSR count). The third-order valence-electron chi connectivity index (χ3n) is 5.90. The number of carbonyl (C=O) groups is 1. The molecule has 2 aliphatic rings. The van der Waals surface area contributed by atoms with Gasteiger partial charge in [-0.1, -0.05) is 59.6 Å². The van der Waals surface area contributed by atoms with Gasteiger partial charge in [-0.3, -0.25) is 18.7 Å². The van der Waals surface area contributed by atoms with Gasteiger partial charge in [0.2, 0.25) is 0 Å².